The van der Waals surface area contributed by atoms with Crippen LogP contribution >= 0.6 is 0 Å². The molecule has 0 heterocycles. The van der Waals surface area contributed by atoms with Crippen LogP contribution in [0.5, 0.6) is 0 Å². The van der Waals surface area contributed by atoms with Crippen molar-refractivity contribution >= 4 is 22.8 Å². The highest BCUT2D eigenvalue weighted by Gasteiger charge is 2.32. The zero-order chi connectivity index (χ0) is 63.1. The van der Waals surface area contributed by atoms with E-state index in [9.17, 15) is 14.7 Å². The Kier molecular flexibility index (Phi) is 20.7. The standard InChI is InChI=1S/C19H22O.C19H20O.C19H18O.C19H22.C8H11N/c3*1-12-4-6-15(7-5-12)17-9-8-16-11-13(2)10-14(3)18(16)19(17)20;1-13-4-6-16(7-5-13)17-8-9-18-11-14(2)10-15(3)19(18)12-17;1-6-3-7(2)5-8(9)4-6/h4-7,10-11,17,19-20H,8-9H2,1-3H3;4-7,10-11,17H,8-9H2,1-3H3;4-7,9-11H,8H2,1-3H3;4-7,10-11,17H,8-9,12H2,1-3H3;3-5H,9H2,1-2H3. The summed E-state index contributed by atoms with van der Waals surface area (Å²) < 4.78 is 0. The van der Waals surface area contributed by atoms with Crippen LogP contribution in [0.2, 0.25) is 0 Å². The number of aliphatic hydroxyl groups excluding tert-OH is 1. The molecule has 0 bridgehead atoms. The molecule has 0 spiro atoms. The quantitative estimate of drug-likeness (QED) is 0.172. The summed E-state index contributed by atoms with van der Waals surface area (Å²) in [6, 6.07) is 58.0. The second-order valence-corrected chi connectivity index (χ2v) is 26.3. The number of carbonyl (C=O) groups is 2. The lowest BCUT2D eigenvalue weighted by Gasteiger charge is -2.32. The number of nitrogens with two attached hydrogens (primary N) is 1. The minimum absolute atomic E-state index is 0.0320. The van der Waals surface area contributed by atoms with E-state index in [1.54, 1.807) is 11.1 Å². The number of hydrogen-bond acceptors (Lipinski definition) is 4. The summed E-state index contributed by atoms with van der Waals surface area (Å²) >= 11 is 0. The second-order valence-electron chi connectivity index (χ2n) is 26.3. The fraction of sp³-hybridized carbons (Fsp3) is 0.310. The lowest BCUT2D eigenvalue weighted by Crippen LogP contribution is -2.22. The zero-order valence-corrected chi connectivity index (χ0v) is 55.0. The van der Waals surface area contributed by atoms with Crippen molar-refractivity contribution in [3.63, 3.8) is 0 Å². The van der Waals surface area contributed by atoms with Crippen molar-refractivity contribution in [1.29, 1.82) is 0 Å². The van der Waals surface area contributed by atoms with E-state index in [1.807, 2.05) is 45.0 Å². The fourth-order valence-corrected chi connectivity index (χ4v) is 14.2. The summed E-state index contributed by atoms with van der Waals surface area (Å²) in [7, 11) is 0. The van der Waals surface area contributed by atoms with Crippen LogP contribution < -0.4 is 5.73 Å². The normalized spacial score (nSPS) is 17.1. The number of rotatable bonds is 4. The molecule has 4 aliphatic carbocycles. The molecular formula is C84H93NO3. The Hall–Kier alpha value is -8.18. The van der Waals surface area contributed by atoms with Crippen molar-refractivity contribution in [3.8, 4) is 0 Å². The third kappa shape index (κ3) is 15.6. The van der Waals surface area contributed by atoms with Crippen LogP contribution in [0.15, 0.2) is 170 Å². The van der Waals surface area contributed by atoms with Gasteiger partial charge in [0.05, 0.1) is 6.10 Å². The van der Waals surface area contributed by atoms with E-state index in [4.69, 9.17) is 5.73 Å². The van der Waals surface area contributed by atoms with Gasteiger partial charge in [0.1, 0.15) is 0 Å². The van der Waals surface area contributed by atoms with E-state index in [0.29, 0.717) is 11.7 Å². The fourth-order valence-electron chi connectivity index (χ4n) is 14.2. The second kappa shape index (κ2) is 28.3. The summed E-state index contributed by atoms with van der Waals surface area (Å²) in [5, 5.41) is 10.8. The average molecular weight is 1160 g/mol. The molecule has 88 heavy (non-hydrogen) atoms. The number of nitrogen functional groups attached to an aromatic ring is 1. The lowest BCUT2D eigenvalue weighted by molar-refractivity contribution is 0.0944. The lowest BCUT2D eigenvalue weighted by atomic mass is 9.76. The Morgan fingerprint density at radius 1 is 0.398 bits per heavy atom. The van der Waals surface area contributed by atoms with Crippen molar-refractivity contribution in [3.05, 3.63) is 315 Å². The largest absolute Gasteiger partial charge is 0.399 e. The molecule has 0 saturated carbocycles. The molecule has 4 nitrogen and oxygen atoms in total. The van der Waals surface area contributed by atoms with Crippen molar-refractivity contribution in [2.45, 2.75) is 172 Å². The molecule has 0 amide bonds. The van der Waals surface area contributed by atoms with Crippen LogP contribution in [-0.4, -0.2) is 16.7 Å². The number of aliphatic hydroxyl groups is 1. The monoisotopic (exact) mass is 1160 g/mol. The van der Waals surface area contributed by atoms with Gasteiger partial charge in [-0.3, -0.25) is 9.59 Å². The van der Waals surface area contributed by atoms with Gasteiger partial charge in [-0.15, -0.1) is 0 Å². The van der Waals surface area contributed by atoms with E-state index in [1.165, 1.54) is 108 Å². The number of benzene rings is 9. The minimum Gasteiger partial charge on any atom is -0.399 e. The summed E-state index contributed by atoms with van der Waals surface area (Å²) in [4.78, 5) is 25.6. The average Bonchev–Trinajstić information content (AvgIpc) is 1.60. The van der Waals surface area contributed by atoms with Crippen LogP contribution in [0.4, 0.5) is 5.69 Å². The number of aryl methyl sites for hydroxylation is 17. The van der Waals surface area contributed by atoms with Crippen LogP contribution in [0.25, 0.3) is 5.57 Å². The van der Waals surface area contributed by atoms with Crippen molar-refractivity contribution in [1.82, 2.24) is 0 Å². The number of hydrogen-bond donors (Lipinski definition) is 2. The summed E-state index contributed by atoms with van der Waals surface area (Å²) in [5.74, 6) is 1.42. The molecule has 0 radical (unpaired) electrons. The molecular weight excluding hydrogens is 1070 g/mol. The molecule has 0 aromatic heterocycles. The molecule has 13 rings (SSSR count). The third-order valence-electron chi connectivity index (χ3n) is 18.5. The van der Waals surface area contributed by atoms with Crippen LogP contribution in [0.1, 0.15) is 197 Å². The van der Waals surface area contributed by atoms with Gasteiger partial charge >= 0.3 is 0 Å². The van der Waals surface area contributed by atoms with Crippen molar-refractivity contribution in [2.24, 2.45) is 0 Å². The molecule has 0 aliphatic heterocycles. The summed E-state index contributed by atoms with van der Waals surface area (Å²) in [6.45, 7) is 29.5. The molecule has 4 aliphatic rings. The van der Waals surface area contributed by atoms with Crippen LogP contribution in [0.3, 0.4) is 0 Å². The number of anilines is 1. The first kappa shape index (κ1) is 64.3. The summed E-state index contributed by atoms with van der Waals surface area (Å²) in [6.07, 6.45) is 10.3. The Morgan fingerprint density at radius 2 is 0.841 bits per heavy atom. The Labute approximate surface area is 527 Å². The zero-order valence-electron chi connectivity index (χ0n) is 55.0. The van der Waals surface area contributed by atoms with Gasteiger partial charge < -0.3 is 10.8 Å². The molecule has 9 aromatic carbocycles. The highest BCUT2D eigenvalue weighted by Crippen LogP contribution is 2.43. The minimum atomic E-state index is -0.373. The molecule has 3 N–H and O–H groups in total. The van der Waals surface area contributed by atoms with E-state index in [2.05, 4.69) is 222 Å². The van der Waals surface area contributed by atoms with Gasteiger partial charge in [0, 0.05) is 34.2 Å². The number of carbonyl (C=O) groups excluding carboxylic acids is 2. The maximum Gasteiger partial charge on any atom is 0.193 e. The van der Waals surface area contributed by atoms with Gasteiger partial charge in [-0.25, -0.2) is 0 Å². The first-order valence-corrected chi connectivity index (χ1v) is 32.0. The number of ketones is 2. The smallest absolute Gasteiger partial charge is 0.193 e. The maximum atomic E-state index is 12.8. The van der Waals surface area contributed by atoms with Gasteiger partial charge in [0.15, 0.2) is 11.6 Å². The SMILES string of the molecule is Cc1cc(C)cc(N)c1.Cc1ccc(C2=CCc3cc(C)cc(C)c3C2=O)cc1.Cc1ccc(C2CCc3cc(C)cc(C)c3C2)cc1.Cc1ccc(C2CCc3cc(C)cc(C)c3C2=O)cc1.Cc1ccc(C2CCc3cc(C)cc(C)c3C2O)cc1. The molecule has 0 fully saturated rings. The van der Waals surface area contributed by atoms with E-state index < -0.39 is 0 Å². The highest BCUT2D eigenvalue weighted by atomic mass is 16.3. The van der Waals surface area contributed by atoms with E-state index in [0.717, 1.165) is 87.9 Å². The topological polar surface area (TPSA) is 80.4 Å². The van der Waals surface area contributed by atoms with Crippen molar-refractivity contribution < 1.29 is 14.7 Å². The molecule has 0 saturated heterocycles. The van der Waals surface area contributed by atoms with Crippen molar-refractivity contribution in [2.75, 3.05) is 5.73 Å². The maximum absolute atomic E-state index is 12.8. The highest BCUT2D eigenvalue weighted by molar-refractivity contribution is 6.30. The van der Waals surface area contributed by atoms with Gasteiger partial charge in [0.25, 0.3) is 0 Å². The van der Waals surface area contributed by atoms with Gasteiger partial charge in [-0.2, -0.15) is 0 Å². The molecule has 452 valence electrons. The first-order chi connectivity index (χ1) is 42.0. The van der Waals surface area contributed by atoms with Gasteiger partial charge in [-0.05, 0) is 255 Å². The molecule has 9 aromatic rings. The number of fused-ring (bicyclic) bond motifs is 4. The Bertz CT molecular complexity index is 3960. The number of allylic oxidation sites excluding steroid dienone is 2. The summed E-state index contributed by atoms with van der Waals surface area (Å²) in [5.41, 5.74) is 39.8. The van der Waals surface area contributed by atoms with E-state index in [-0.39, 0.29) is 23.7 Å². The molecule has 4 heteroatoms. The van der Waals surface area contributed by atoms with E-state index >= 15 is 0 Å². The van der Waals surface area contributed by atoms with Gasteiger partial charge in [-0.1, -0.05) is 202 Å². The van der Waals surface area contributed by atoms with Crippen LogP contribution in [0, 0.1) is 96.9 Å². The van der Waals surface area contributed by atoms with Gasteiger partial charge in [0.2, 0.25) is 0 Å². The predicted octanol–water partition coefficient (Wildman–Crippen LogP) is 20.1. The molecule has 4 unspecified atom stereocenters. The Balaban J connectivity index is 0.000000133. The third-order valence-corrected chi connectivity index (χ3v) is 18.5. The number of Topliss-reactive ketones (excluding diaryl/α,β-unsaturated/α-hetero) is 2. The predicted molar refractivity (Wildman–Crippen MR) is 371 cm³/mol. The molecule has 4 atom stereocenters. The van der Waals surface area contributed by atoms with Crippen LogP contribution in [-0.2, 0) is 32.1 Å². The Morgan fingerprint density at radius 3 is 1.41 bits per heavy atom. The first-order valence-electron chi connectivity index (χ1n) is 32.0.